The van der Waals surface area contributed by atoms with E-state index in [1.807, 2.05) is 11.4 Å². The Morgan fingerprint density at radius 3 is 3.00 bits per heavy atom. The summed E-state index contributed by atoms with van der Waals surface area (Å²) >= 11 is 6.49. The van der Waals surface area contributed by atoms with Crippen LogP contribution in [0.3, 0.4) is 0 Å². The molecule has 0 aliphatic heterocycles. The summed E-state index contributed by atoms with van der Waals surface area (Å²) in [7, 11) is 1.39. The van der Waals surface area contributed by atoms with E-state index in [0.29, 0.717) is 4.88 Å². The van der Waals surface area contributed by atoms with E-state index in [4.69, 9.17) is 0 Å². The number of fused-ring (bicyclic) bond motifs is 1. The molecule has 0 unspecified atom stereocenters. The van der Waals surface area contributed by atoms with E-state index in [2.05, 4.69) is 20.7 Å². The number of rotatable bonds is 1. The molecule has 0 amide bonds. The Labute approximate surface area is 91.3 Å². The Balaban J connectivity index is 2.56. The SMILES string of the molecule is COC(=O)c1cc2scc(Br)c2s1. The summed E-state index contributed by atoms with van der Waals surface area (Å²) < 4.78 is 7.92. The lowest BCUT2D eigenvalue weighted by Gasteiger charge is -1.91. The first-order valence-corrected chi connectivity index (χ1v) is 5.96. The first kappa shape index (κ1) is 9.18. The first-order chi connectivity index (χ1) is 6.22. The average molecular weight is 277 g/mol. The Bertz CT molecular complexity index is 458. The lowest BCUT2D eigenvalue weighted by molar-refractivity contribution is 0.0606. The maximum atomic E-state index is 11.2. The van der Waals surface area contributed by atoms with Crippen molar-refractivity contribution in [2.75, 3.05) is 7.11 Å². The third kappa shape index (κ3) is 1.51. The van der Waals surface area contributed by atoms with Crippen molar-refractivity contribution in [2.24, 2.45) is 0 Å². The van der Waals surface area contributed by atoms with E-state index in [9.17, 15) is 4.79 Å². The van der Waals surface area contributed by atoms with Crippen LogP contribution in [0.2, 0.25) is 0 Å². The zero-order valence-electron chi connectivity index (χ0n) is 6.67. The van der Waals surface area contributed by atoms with Crippen molar-refractivity contribution in [3.8, 4) is 0 Å². The third-order valence-corrected chi connectivity index (χ3v) is 4.99. The van der Waals surface area contributed by atoms with Gasteiger partial charge in [0.05, 0.1) is 11.8 Å². The Morgan fingerprint density at radius 1 is 1.62 bits per heavy atom. The minimum absolute atomic E-state index is 0.264. The molecule has 2 nitrogen and oxygen atoms in total. The molecule has 5 heteroatoms. The van der Waals surface area contributed by atoms with Gasteiger partial charge in [-0.05, 0) is 22.0 Å². The number of carbonyl (C=O) groups is 1. The number of halogens is 1. The molecule has 0 spiro atoms. The average Bonchev–Trinajstić information content (AvgIpc) is 2.67. The maximum absolute atomic E-state index is 11.2. The molecule has 2 rings (SSSR count). The molecule has 2 heterocycles. The molecule has 0 bridgehead atoms. The molecular weight excluding hydrogens is 272 g/mol. The molecule has 0 radical (unpaired) electrons. The van der Waals surface area contributed by atoms with Crippen LogP contribution < -0.4 is 0 Å². The smallest absolute Gasteiger partial charge is 0.348 e. The second-order valence-electron chi connectivity index (χ2n) is 2.38. The van der Waals surface area contributed by atoms with Crippen molar-refractivity contribution in [1.82, 2.24) is 0 Å². The number of carbonyl (C=O) groups excluding carboxylic acids is 1. The quantitative estimate of drug-likeness (QED) is 0.745. The molecule has 2 aromatic rings. The van der Waals surface area contributed by atoms with Gasteiger partial charge in [0, 0.05) is 14.6 Å². The lowest BCUT2D eigenvalue weighted by atomic mass is 10.4. The summed E-state index contributed by atoms with van der Waals surface area (Å²) in [6.45, 7) is 0. The molecule has 2 aromatic heterocycles. The van der Waals surface area contributed by atoms with Crippen LogP contribution in [0.5, 0.6) is 0 Å². The minimum atomic E-state index is -0.264. The Hall–Kier alpha value is -0.390. The van der Waals surface area contributed by atoms with Gasteiger partial charge >= 0.3 is 5.97 Å². The van der Waals surface area contributed by atoms with Crippen molar-refractivity contribution >= 4 is 54.0 Å². The second kappa shape index (κ2) is 3.40. The van der Waals surface area contributed by atoms with Crippen LogP contribution in [-0.4, -0.2) is 13.1 Å². The monoisotopic (exact) mass is 276 g/mol. The number of ether oxygens (including phenoxy) is 1. The van der Waals surface area contributed by atoms with Crippen LogP contribution in [-0.2, 0) is 4.74 Å². The standard InChI is InChI=1S/C8H5BrO2S2/c1-11-8(10)6-2-5-7(13-6)4(9)3-12-5/h2-3H,1H3. The molecule has 0 fully saturated rings. The highest BCUT2D eigenvalue weighted by Crippen LogP contribution is 2.37. The van der Waals surface area contributed by atoms with E-state index >= 15 is 0 Å². The summed E-state index contributed by atoms with van der Waals surface area (Å²) in [5, 5.41) is 2.02. The summed E-state index contributed by atoms with van der Waals surface area (Å²) in [4.78, 5) is 11.8. The topological polar surface area (TPSA) is 26.3 Å². The molecule has 0 saturated heterocycles. The maximum Gasteiger partial charge on any atom is 0.348 e. The molecule has 0 N–H and O–H groups in total. The summed E-state index contributed by atoms with van der Waals surface area (Å²) in [6, 6.07) is 1.86. The van der Waals surface area contributed by atoms with Gasteiger partial charge in [-0.3, -0.25) is 0 Å². The van der Waals surface area contributed by atoms with Gasteiger partial charge in [-0.1, -0.05) is 0 Å². The fraction of sp³-hybridized carbons (Fsp3) is 0.125. The van der Waals surface area contributed by atoms with Crippen LogP contribution in [0, 0.1) is 0 Å². The predicted octanol–water partition coefficient (Wildman–Crippen LogP) is 3.51. The minimum Gasteiger partial charge on any atom is -0.465 e. The molecule has 0 aromatic carbocycles. The van der Waals surface area contributed by atoms with E-state index in [1.165, 1.54) is 18.4 Å². The number of esters is 1. The Kier molecular flexibility index (Phi) is 2.40. The summed E-state index contributed by atoms with van der Waals surface area (Å²) in [6.07, 6.45) is 0. The number of hydrogen-bond donors (Lipinski definition) is 0. The lowest BCUT2D eigenvalue weighted by Crippen LogP contribution is -1.96. The normalized spacial score (nSPS) is 10.6. The zero-order valence-corrected chi connectivity index (χ0v) is 9.88. The highest BCUT2D eigenvalue weighted by Gasteiger charge is 2.12. The van der Waals surface area contributed by atoms with Crippen LogP contribution in [0.25, 0.3) is 9.40 Å². The van der Waals surface area contributed by atoms with E-state index in [-0.39, 0.29) is 5.97 Å². The molecular formula is C8H5BrO2S2. The van der Waals surface area contributed by atoms with Crippen molar-refractivity contribution < 1.29 is 9.53 Å². The summed E-state index contributed by atoms with van der Waals surface area (Å²) in [5.74, 6) is -0.264. The number of methoxy groups -OCH3 is 1. The number of thiophene rings is 2. The molecule has 68 valence electrons. The van der Waals surface area contributed by atoms with Crippen LogP contribution in [0.4, 0.5) is 0 Å². The largest absolute Gasteiger partial charge is 0.465 e. The van der Waals surface area contributed by atoms with Crippen molar-refractivity contribution in [2.45, 2.75) is 0 Å². The molecule has 0 saturated carbocycles. The molecule has 13 heavy (non-hydrogen) atoms. The molecule has 0 atom stereocenters. The van der Waals surface area contributed by atoms with Crippen LogP contribution in [0.1, 0.15) is 9.67 Å². The fourth-order valence-corrected chi connectivity index (χ4v) is 3.92. The van der Waals surface area contributed by atoms with Crippen molar-refractivity contribution in [3.05, 3.63) is 20.8 Å². The second-order valence-corrected chi connectivity index (χ2v) is 5.20. The van der Waals surface area contributed by atoms with Gasteiger partial charge in [0.15, 0.2) is 0 Å². The van der Waals surface area contributed by atoms with Crippen molar-refractivity contribution in [1.29, 1.82) is 0 Å². The van der Waals surface area contributed by atoms with E-state index < -0.39 is 0 Å². The van der Waals surface area contributed by atoms with E-state index in [1.54, 1.807) is 11.3 Å². The Morgan fingerprint density at radius 2 is 2.38 bits per heavy atom. The van der Waals surface area contributed by atoms with Gasteiger partial charge in [-0.25, -0.2) is 4.79 Å². The predicted molar refractivity (Wildman–Crippen MR) is 58.7 cm³/mol. The van der Waals surface area contributed by atoms with E-state index in [0.717, 1.165) is 13.9 Å². The highest BCUT2D eigenvalue weighted by molar-refractivity contribution is 9.10. The highest BCUT2D eigenvalue weighted by atomic mass is 79.9. The zero-order chi connectivity index (χ0) is 9.42. The van der Waals surface area contributed by atoms with Gasteiger partial charge in [-0.15, -0.1) is 22.7 Å². The molecule has 0 aliphatic carbocycles. The number of hydrogen-bond acceptors (Lipinski definition) is 4. The van der Waals surface area contributed by atoms with Crippen LogP contribution in [0.15, 0.2) is 15.9 Å². The van der Waals surface area contributed by atoms with Gasteiger partial charge in [0.25, 0.3) is 0 Å². The third-order valence-electron chi connectivity index (χ3n) is 1.59. The van der Waals surface area contributed by atoms with Gasteiger partial charge in [0.1, 0.15) is 4.88 Å². The fourth-order valence-electron chi connectivity index (χ4n) is 0.998. The summed E-state index contributed by atoms with van der Waals surface area (Å²) in [5.41, 5.74) is 0. The van der Waals surface area contributed by atoms with Gasteiger partial charge in [-0.2, -0.15) is 0 Å². The first-order valence-electron chi connectivity index (χ1n) is 3.47. The van der Waals surface area contributed by atoms with Gasteiger partial charge in [0.2, 0.25) is 0 Å². The van der Waals surface area contributed by atoms with Crippen LogP contribution >= 0.6 is 38.6 Å². The van der Waals surface area contributed by atoms with Gasteiger partial charge < -0.3 is 4.74 Å². The van der Waals surface area contributed by atoms with Crippen molar-refractivity contribution in [3.63, 3.8) is 0 Å². The molecule has 0 aliphatic rings.